The van der Waals surface area contributed by atoms with Crippen molar-refractivity contribution in [3.8, 4) is 22.9 Å². The summed E-state index contributed by atoms with van der Waals surface area (Å²) in [5, 5.41) is 0. The zero-order valence-corrected chi connectivity index (χ0v) is 15.4. The van der Waals surface area contributed by atoms with Gasteiger partial charge in [0.1, 0.15) is 13.2 Å². The van der Waals surface area contributed by atoms with Crippen LogP contribution in [0.2, 0.25) is 0 Å². The van der Waals surface area contributed by atoms with Crippen LogP contribution in [0.15, 0.2) is 97.3 Å². The fourth-order valence-electron chi connectivity index (χ4n) is 2.81. The van der Waals surface area contributed by atoms with E-state index in [0.717, 1.165) is 22.3 Å². The van der Waals surface area contributed by atoms with Crippen molar-refractivity contribution in [3.05, 3.63) is 108 Å². The van der Waals surface area contributed by atoms with E-state index in [1.54, 1.807) is 12.4 Å². The van der Waals surface area contributed by atoms with Crippen molar-refractivity contribution in [3.63, 3.8) is 0 Å². The summed E-state index contributed by atoms with van der Waals surface area (Å²) in [4.78, 5) is 8.81. The molecule has 4 rings (SSSR count). The third-order valence-corrected chi connectivity index (χ3v) is 4.26. The molecule has 0 amide bonds. The molecule has 4 nitrogen and oxygen atoms in total. The average Bonchev–Trinajstić information content (AvgIpc) is 2.78. The van der Waals surface area contributed by atoms with E-state index in [1.807, 2.05) is 84.9 Å². The molecule has 138 valence electrons. The first-order chi connectivity index (χ1) is 13.9. The first-order valence-electron chi connectivity index (χ1n) is 9.13. The molecule has 0 N–H and O–H groups in total. The molecular weight excluding hydrogens is 348 g/mol. The Morgan fingerprint density at radius 1 is 0.643 bits per heavy atom. The summed E-state index contributed by atoms with van der Waals surface area (Å²) in [6.07, 6.45) is 3.55. The Kier molecular flexibility index (Phi) is 5.59. The number of rotatable bonds is 7. The van der Waals surface area contributed by atoms with E-state index in [0.29, 0.717) is 25.0 Å². The van der Waals surface area contributed by atoms with Crippen LogP contribution < -0.4 is 9.47 Å². The maximum Gasteiger partial charge on any atom is 0.225 e. The van der Waals surface area contributed by atoms with E-state index in [9.17, 15) is 0 Å². The lowest BCUT2D eigenvalue weighted by atomic mass is 10.1. The highest BCUT2D eigenvalue weighted by Crippen LogP contribution is 2.30. The van der Waals surface area contributed by atoms with Crippen molar-refractivity contribution in [2.24, 2.45) is 0 Å². The van der Waals surface area contributed by atoms with Gasteiger partial charge in [-0.2, -0.15) is 4.98 Å². The molecule has 4 aromatic rings. The van der Waals surface area contributed by atoms with E-state index in [2.05, 4.69) is 9.97 Å². The first-order valence-corrected chi connectivity index (χ1v) is 9.13. The molecule has 0 aliphatic carbocycles. The van der Waals surface area contributed by atoms with Crippen LogP contribution in [0.1, 0.15) is 11.1 Å². The van der Waals surface area contributed by atoms with E-state index < -0.39 is 0 Å². The lowest BCUT2D eigenvalue weighted by Crippen LogP contribution is -2.02. The lowest BCUT2D eigenvalue weighted by Gasteiger charge is -2.13. The Hall–Kier alpha value is -3.66. The first kappa shape index (κ1) is 17.7. The molecule has 0 unspecified atom stereocenters. The minimum absolute atomic E-state index is 0.434. The van der Waals surface area contributed by atoms with Crippen LogP contribution in [0.4, 0.5) is 0 Å². The minimum atomic E-state index is 0.434. The molecule has 2 heterocycles. The highest BCUT2D eigenvalue weighted by molar-refractivity contribution is 5.68. The fourth-order valence-corrected chi connectivity index (χ4v) is 2.81. The second kappa shape index (κ2) is 8.82. The van der Waals surface area contributed by atoms with Crippen molar-refractivity contribution < 1.29 is 9.47 Å². The fraction of sp³-hybridized carbons (Fsp3) is 0.0833. The second-order valence-electron chi connectivity index (χ2n) is 6.29. The Labute approximate surface area is 164 Å². The number of pyridine rings is 2. The van der Waals surface area contributed by atoms with Gasteiger partial charge in [0.15, 0.2) is 0 Å². The summed E-state index contributed by atoms with van der Waals surface area (Å²) >= 11 is 0. The van der Waals surface area contributed by atoms with Crippen LogP contribution in [0.25, 0.3) is 11.1 Å². The monoisotopic (exact) mass is 368 g/mol. The summed E-state index contributed by atoms with van der Waals surface area (Å²) in [7, 11) is 0. The molecule has 2 aromatic carbocycles. The van der Waals surface area contributed by atoms with Gasteiger partial charge in [0.2, 0.25) is 11.8 Å². The molecule has 0 saturated carbocycles. The minimum Gasteiger partial charge on any atom is -0.473 e. The molecule has 4 heteroatoms. The molecule has 2 aromatic heterocycles. The van der Waals surface area contributed by atoms with Gasteiger partial charge < -0.3 is 9.47 Å². The molecule has 0 fully saturated rings. The highest BCUT2D eigenvalue weighted by Gasteiger charge is 2.11. The third-order valence-electron chi connectivity index (χ3n) is 4.26. The van der Waals surface area contributed by atoms with Gasteiger partial charge in [-0.15, -0.1) is 0 Å². The smallest absolute Gasteiger partial charge is 0.225 e. The van der Waals surface area contributed by atoms with Crippen LogP contribution in [-0.4, -0.2) is 9.97 Å². The molecule has 0 saturated heterocycles. The summed E-state index contributed by atoms with van der Waals surface area (Å²) in [6, 6.07) is 27.8. The SMILES string of the molecule is c1ccc(COc2ccc(-c3cccnc3)c(OCc3ccccc3)n2)cc1. The number of ether oxygens (including phenoxy) is 2. The molecule has 0 radical (unpaired) electrons. The van der Waals surface area contributed by atoms with E-state index >= 15 is 0 Å². The van der Waals surface area contributed by atoms with Gasteiger partial charge in [-0.3, -0.25) is 4.98 Å². The van der Waals surface area contributed by atoms with Crippen molar-refractivity contribution in [1.29, 1.82) is 0 Å². The Morgan fingerprint density at radius 2 is 1.32 bits per heavy atom. The normalized spacial score (nSPS) is 10.4. The Balaban J connectivity index is 1.57. The molecular formula is C24H20N2O2. The van der Waals surface area contributed by atoms with Gasteiger partial charge >= 0.3 is 0 Å². The zero-order valence-electron chi connectivity index (χ0n) is 15.4. The maximum absolute atomic E-state index is 6.05. The van der Waals surface area contributed by atoms with E-state index in [1.165, 1.54) is 0 Å². The lowest BCUT2D eigenvalue weighted by molar-refractivity contribution is 0.268. The molecule has 0 atom stereocenters. The van der Waals surface area contributed by atoms with Crippen LogP contribution in [0.5, 0.6) is 11.8 Å². The maximum atomic E-state index is 6.05. The Morgan fingerprint density at radius 3 is 1.96 bits per heavy atom. The molecule has 0 spiro atoms. The van der Waals surface area contributed by atoms with E-state index in [4.69, 9.17) is 9.47 Å². The van der Waals surface area contributed by atoms with Crippen molar-refractivity contribution in [1.82, 2.24) is 9.97 Å². The number of nitrogens with zero attached hydrogens (tertiary/aromatic N) is 2. The van der Waals surface area contributed by atoms with Gasteiger partial charge in [-0.05, 0) is 23.3 Å². The summed E-state index contributed by atoms with van der Waals surface area (Å²) in [5.74, 6) is 1.06. The van der Waals surface area contributed by atoms with Crippen LogP contribution in [-0.2, 0) is 13.2 Å². The quantitative estimate of drug-likeness (QED) is 0.444. The number of hydrogen-bond acceptors (Lipinski definition) is 4. The van der Waals surface area contributed by atoms with Crippen molar-refractivity contribution in [2.75, 3.05) is 0 Å². The molecule has 0 aliphatic rings. The second-order valence-corrected chi connectivity index (χ2v) is 6.29. The van der Waals surface area contributed by atoms with E-state index in [-0.39, 0.29) is 0 Å². The standard InChI is InChI=1S/C24H20N2O2/c1-3-8-19(9-4-1)17-27-23-14-13-22(21-12-7-15-25-16-21)24(26-23)28-18-20-10-5-2-6-11-20/h1-16H,17-18H2. The van der Waals surface area contributed by atoms with Gasteiger partial charge in [0, 0.05) is 29.6 Å². The van der Waals surface area contributed by atoms with Gasteiger partial charge in [0.25, 0.3) is 0 Å². The molecule has 0 bridgehead atoms. The van der Waals surface area contributed by atoms with Crippen molar-refractivity contribution in [2.45, 2.75) is 13.2 Å². The Bertz CT molecular complexity index is 1010. The van der Waals surface area contributed by atoms with Gasteiger partial charge in [-0.1, -0.05) is 66.7 Å². The largest absolute Gasteiger partial charge is 0.473 e. The number of aromatic nitrogens is 2. The van der Waals surface area contributed by atoms with Crippen molar-refractivity contribution >= 4 is 0 Å². The molecule has 28 heavy (non-hydrogen) atoms. The average molecular weight is 368 g/mol. The predicted molar refractivity (Wildman–Crippen MR) is 109 cm³/mol. The topological polar surface area (TPSA) is 44.2 Å². The third kappa shape index (κ3) is 4.54. The van der Waals surface area contributed by atoms with Gasteiger partial charge in [0.05, 0.1) is 0 Å². The summed E-state index contributed by atoms with van der Waals surface area (Å²) in [6.45, 7) is 0.890. The van der Waals surface area contributed by atoms with Gasteiger partial charge in [-0.25, -0.2) is 0 Å². The molecule has 0 aliphatic heterocycles. The van der Waals surface area contributed by atoms with Crippen LogP contribution in [0.3, 0.4) is 0 Å². The van der Waals surface area contributed by atoms with Crippen LogP contribution >= 0.6 is 0 Å². The highest BCUT2D eigenvalue weighted by atomic mass is 16.5. The van der Waals surface area contributed by atoms with Crippen LogP contribution in [0, 0.1) is 0 Å². The summed E-state index contributed by atoms with van der Waals surface area (Å²) < 4.78 is 11.9. The number of benzene rings is 2. The number of hydrogen-bond donors (Lipinski definition) is 0. The summed E-state index contributed by atoms with van der Waals surface area (Å²) in [5.41, 5.74) is 4.01. The predicted octanol–water partition coefficient (Wildman–Crippen LogP) is 5.30. The zero-order chi connectivity index (χ0) is 19.0.